The topological polar surface area (TPSA) is 92.3 Å². The van der Waals surface area contributed by atoms with E-state index in [1.807, 2.05) is 57.2 Å². The first-order chi connectivity index (χ1) is 14.1. The highest BCUT2D eigenvalue weighted by Gasteiger charge is 2.30. The molecule has 0 saturated heterocycles. The summed E-state index contributed by atoms with van der Waals surface area (Å²) < 4.78 is 26.2. The van der Waals surface area contributed by atoms with Gasteiger partial charge in [0.2, 0.25) is 21.1 Å². The number of hydrogen-bond acceptors (Lipinski definition) is 6. The number of aromatic nitrogens is 2. The first kappa shape index (κ1) is 21.9. The van der Waals surface area contributed by atoms with Gasteiger partial charge < -0.3 is 0 Å². The average Bonchev–Trinajstić information content (AvgIpc) is 3.12. The fraction of sp³-hybridized carbons (Fsp3) is 0.286. The first-order valence-electron chi connectivity index (χ1n) is 9.34. The van der Waals surface area contributed by atoms with Crippen molar-refractivity contribution < 1.29 is 13.2 Å². The highest BCUT2D eigenvalue weighted by atomic mass is 32.2. The molecule has 1 heterocycles. The minimum absolute atomic E-state index is 0.317. The summed E-state index contributed by atoms with van der Waals surface area (Å²) in [5.41, 5.74) is 4.20. The summed E-state index contributed by atoms with van der Waals surface area (Å²) in [5.74, 6) is -0.479. The molecular weight excluding hydrogens is 420 g/mol. The molecule has 3 aromatic rings. The monoisotopic (exact) mass is 444 g/mol. The van der Waals surface area contributed by atoms with E-state index in [1.165, 1.54) is 11.3 Å². The number of carbonyl (C=O) groups excluding carboxylic acids is 1. The minimum Gasteiger partial charge on any atom is -0.299 e. The molecule has 0 fully saturated rings. The van der Waals surface area contributed by atoms with Crippen LogP contribution in [-0.4, -0.2) is 36.8 Å². The zero-order chi connectivity index (χ0) is 22.1. The zero-order valence-corrected chi connectivity index (χ0v) is 19.1. The third kappa shape index (κ3) is 4.85. The second-order valence-electron chi connectivity index (χ2n) is 7.29. The Bertz CT molecular complexity index is 1170. The van der Waals surface area contributed by atoms with Crippen LogP contribution in [0.5, 0.6) is 0 Å². The van der Waals surface area contributed by atoms with Crippen LogP contribution in [0.15, 0.2) is 42.5 Å². The van der Waals surface area contributed by atoms with Gasteiger partial charge in [0.15, 0.2) is 0 Å². The number of anilines is 2. The van der Waals surface area contributed by atoms with Gasteiger partial charge in [0.25, 0.3) is 0 Å². The van der Waals surface area contributed by atoms with Gasteiger partial charge in [-0.3, -0.25) is 14.4 Å². The molecule has 0 radical (unpaired) electrons. The molecule has 0 aliphatic rings. The Morgan fingerprint density at radius 2 is 1.67 bits per heavy atom. The third-order valence-corrected chi connectivity index (χ3v) is 6.76. The van der Waals surface area contributed by atoms with E-state index in [0.717, 1.165) is 32.8 Å². The van der Waals surface area contributed by atoms with Crippen LogP contribution < -0.4 is 9.62 Å². The van der Waals surface area contributed by atoms with Crippen molar-refractivity contribution in [2.45, 2.75) is 33.7 Å². The molecule has 3 rings (SSSR count). The van der Waals surface area contributed by atoms with Gasteiger partial charge in [-0.1, -0.05) is 53.3 Å². The number of hydrogen-bond donors (Lipinski definition) is 1. The summed E-state index contributed by atoms with van der Waals surface area (Å²) >= 11 is 1.24. The lowest BCUT2D eigenvalue weighted by molar-refractivity contribution is -0.116. The van der Waals surface area contributed by atoms with Crippen LogP contribution in [0.2, 0.25) is 0 Å². The summed E-state index contributed by atoms with van der Waals surface area (Å²) in [6.45, 7) is 7.25. The summed E-state index contributed by atoms with van der Waals surface area (Å²) in [4.78, 5) is 12.9. The van der Waals surface area contributed by atoms with E-state index >= 15 is 0 Å². The van der Waals surface area contributed by atoms with Gasteiger partial charge in [-0.25, -0.2) is 8.42 Å². The molecule has 158 valence electrons. The van der Waals surface area contributed by atoms with E-state index in [0.29, 0.717) is 15.8 Å². The van der Waals surface area contributed by atoms with E-state index in [9.17, 15) is 13.2 Å². The molecule has 1 aromatic heterocycles. The standard InChI is InChI=1S/C21H24N4O3S2/c1-13-7-10-17(11-8-13)20-23-24-21(29-20)22-19(26)16(4)25(30(5,27)28)18-12-14(2)6-9-15(18)3/h6-12,16H,1-5H3,(H,22,24,26). The lowest BCUT2D eigenvalue weighted by Crippen LogP contribution is -2.45. The number of carbonyl (C=O) groups is 1. The summed E-state index contributed by atoms with van der Waals surface area (Å²) in [6.07, 6.45) is 1.10. The van der Waals surface area contributed by atoms with Crippen LogP contribution >= 0.6 is 11.3 Å². The predicted molar refractivity (Wildman–Crippen MR) is 121 cm³/mol. The molecular formula is C21H24N4O3S2. The number of sulfonamides is 1. The van der Waals surface area contributed by atoms with E-state index in [4.69, 9.17) is 0 Å². The molecule has 0 bridgehead atoms. The molecule has 0 aliphatic carbocycles. The Morgan fingerprint density at radius 3 is 2.30 bits per heavy atom. The molecule has 30 heavy (non-hydrogen) atoms. The Kier molecular flexibility index (Phi) is 6.23. The van der Waals surface area contributed by atoms with Crippen molar-refractivity contribution in [3.8, 4) is 10.6 Å². The molecule has 1 amide bonds. The quantitative estimate of drug-likeness (QED) is 0.622. The van der Waals surface area contributed by atoms with Gasteiger partial charge >= 0.3 is 0 Å². The third-order valence-electron chi connectivity index (χ3n) is 4.64. The lowest BCUT2D eigenvalue weighted by Gasteiger charge is -2.29. The Hall–Kier alpha value is -2.78. The van der Waals surface area contributed by atoms with Crippen LogP contribution in [0.3, 0.4) is 0 Å². The Morgan fingerprint density at radius 1 is 1.03 bits per heavy atom. The van der Waals surface area contributed by atoms with Crippen LogP contribution in [0, 0.1) is 20.8 Å². The van der Waals surface area contributed by atoms with E-state index in [-0.39, 0.29) is 0 Å². The normalized spacial score (nSPS) is 12.4. The molecule has 0 saturated carbocycles. The molecule has 1 unspecified atom stereocenters. The first-order valence-corrected chi connectivity index (χ1v) is 12.0. The number of nitrogens with one attached hydrogen (secondary N) is 1. The average molecular weight is 445 g/mol. The van der Waals surface area contributed by atoms with Gasteiger partial charge in [-0.05, 0) is 44.9 Å². The second kappa shape index (κ2) is 8.53. The van der Waals surface area contributed by atoms with Crippen LogP contribution in [0.25, 0.3) is 10.6 Å². The van der Waals surface area contributed by atoms with Crippen molar-refractivity contribution in [2.75, 3.05) is 15.9 Å². The van der Waals surface area contributed by atoms with Gasteiger partial charge in [0.05, 0.1) is 11.9 Å². The fourth-order valence-corrected chi connectivity index (χ4v) is 5.01. The highest BCUT2D eigenvalue weighted by molar-refractivity contribution is 7.92. The van der Waals surface area contributed by atoms with E-state index in [1.54, 1.807) is 13.0 Å². The van der Waals surface area contributed by atoms with Crippen LogP contribution in [0.1, 0.15) is 23.6 Å². The maximum Gasteiger partial charge on any atom is 0.249 e. The predicted octanol–water partition coefficient (Wildman–Crippen LogP) is 3.92. The Balaban J connectivity index is 1.84. The Labute approximate surface area is 180 Å². The van der Waals surface area contributed by atoms with Crippen molar-refractivity contribution in [3.05, 3.63) is 59.2 Å². The zero-order valence-electron chi connectivity index (χ0n) is 17.5. The fourth-order valence-electron chi connectivity index (χ4n) is 3.03. The highest BCUT2D eigenvalue weighted by Crippen LogP contribution is 2.29. The van der Waals surface area contributed by atoms with Crippen molar-refractivity contribution in [1.82, 2.24) is 10.2 Å². The summed E-state index contributed by atoms with van der Waals surface area (Å²) in [5, 5.41) is 11.8. The van der Waals surface area contributed by atoms with Gasteiger partial charge in [-0.2, -0.15) is 0 Å². The molecule has 1 atom stereocenters. The van der Waals surface area contributed by atoms with E-state index in [2.05, 4.69) is 15.5 Å². The number of aryl methyl sites for hydroxylation is 3. The SMILES string of the molecule is Cc1ccc(-c2nnc(NC(=O)C(C)N(c3cc(C)ccc3C)S(C)(=O)=O)s2)cc1. The maximum absolute atomic E-state index is 12.9. The summed E-state index contributed by atoms with van der Waals surface area (Å²) in [7, 11) is -3.70. The van der Waals surface area contributed by atoms with Crippen LogP contribution in [-0.2, 0) is 14.8 Å². The molecule has 1 N–H and O–H groups in total. The van der Waals surface area contributed by atoms with Gasteiger partial charge in [0, 0.05) is 5.56 Å². The molecule has 2 aromatic carbocycles. The van der Waals surface area contributed by atoms with Crippen molar-refractivity contribution in [3.63, 3.8) is 0 Å². The second-order valence-corrected chi connectivity index (χ2v) is 10.1. The minimum atomic E-state index is -3.70. The van der Waals surface area contributed by atoms with Gasteiger partial charge in [0.1, 0.15) is 11.0 Å². The van der Waals surface area contributed by atoms with E-state index < -0.39 is 22.0 Å². The smallest absolute Gasteiger partial charge is 0.249 e. The summed E-state index contributed by atoms with van der Waals surface area (Å²) in [6, 6.07) is 12.4. The number of rotatable bonds is 6. The van der Waals surface area contributed by atoms with Crippen molar-refractivity contribution in [1.29, 1.82) is 0 Å². The lowest BCUT2D eigenvalue weighted by atomic mass is 10.1. The molecule has 0 aliphatic heterocycles. The van der Waals surface area contributed by atoms with Crippen molar-refractivity contribution >= 4 is 38.1 Å². The number of nitrogens with zero attached hydrogens (tertiary/aromatic N) is 3. The van der Waals surface area contributed by atoms with Gasteiger partial charge in [-0.15, -0.1) is 10.2 Å². The van der Waals surface area contributed by atoms with Crippen LogP contribution in [0.4, 0.5) is 10.8 Å². The largest absolute Gasteiger partial charge is 0.299 e. The van der Waals surface area contributed by atoms with Crippen molar-refractivity contribution in [2.24, 2.45) is 0 Å². The molecule has 9 heteroatoms. The number of benzene rings is 2. The maximum atomic E-state index is 12.9. The molecule has 7 nitrogen and oxygen atoms in total. The number of amides is 1. The molecule has 0 spiro atoms.